The van der Waals surface area contributed by atoms with E-state index in [9.17, 15) is 0 Å². The predicted octanol–water partition coefficient (Wildman–Crippen LogP) is 3.23. The molecule has 26 heavy (non-hydrogen) atoms. The molecule has 6 nitrogen and oxygen atoms in total. The van der Waals surface area contributed by atoms with Gasteiger partial charge in [0.1, 0.15) is 12.1 Å². The Kier molecular flexibility index (Phi) is 4.10. The third-order valence-corrected chi connectivity index (χ3v) is 6.28. The van der Waals surface area contributed by atoms with Crippen molar-refractivity contribution in [2.45, 2.75) is 50.1 Å². The molecule has 2 saturated heterocycles. The number of piperidine rings is 2. The summed E-state index contributed by atoms with van der Waals surface area (Å²) in [5.41, 5.74) is 3.89. The molecule has 0 amide bonds. The lowest BCUT2D eigenvalue weighted by atomic mass is 9.80. The summed E-state index contributed by atoms with van der Waals surface area (Å²) < 4.78 is 0. The Morgan fingerprint density at radius 2 is 2.00 bits per heavy atom. The van der Waals surface area contributed by atoms with E-state index in [0.717, 1.165) is 30.9 Å². The second-order valence-corrected chi connectivity index (χ2v) is 7.89. The number of fused-ring (bicyclic) bond motifs is 1. The van der Waals surface area contributed by atoms with Crippen LogP contribution < -0.4 is 5.32 Å². The van der Waals surface area contributed by atoms with Crippen LogP contribution in [0, 0.1) is 0 Å². The van der Waals surface area contributed by atoms with Gasteiger partial charge in [0.2, 0.25) is 0 Å². The molecule has 3 aliphatic rings. The number of aliphatic imine (C=N–C) groups is 1. The second kappa shape index (κ2) is 6.59. The maximum atomic E-state index is 4.62. The molecule has 5 heterocycles. The van der Waals surface area contributed by atoms with Crippen molar-refractivity contribution in [1.82, 2.24) is 25.2 Å². The summed E-state index contributed by atoms with van der Waals surface area (Å²) in [5, 5.41) is 3.86. The van der Waals surface area contributed by atoms with Gasteiger partial charge in [0.15, 0.2) is 0 Å². The summed E-state index contributed by atoms with van der Waals surface area (Å²) in [5.74, 6) is 0.997. The van der Waals surface area contributed by atoms with Crippen LogP contribution in [-0.4, -0.2) is 51.2 Å². The van der Waals surface area contributed by atoms with Crippen molar-refractivity contribution in [2.24, 2.45) is 4.99 Å². The smallest absolute Gasteiger partial charge is 0.134 e. The highest BCUT2D eigenvalue weighted by atomic mass is 15.2. The molecule has 2 aromatic rings. The zero-order valence-corrected chi connectivity index (χ0v) is 15.1. The highest BCUT2D eigenvalue weighted by Gasteiger charge is 2.40. The fraction of sp³-hybridized carbons (Fsp3) is 0.550. The molecule has 6 heteroatoms. The summed E-state index contributed by atoms with van der Waals surface area (Å²) in [6, 6.07) is 0.379. The van der Waals surface area contributed by atoms with Crippen molar-refractivity contribution in [3.8, 4) is 11.1 Å². The van der Waals surface area contributed by atoms with Gasteiger partial charge in [-0.25, -0.2) is 15.0 Å². The normalized spacial score (nSPS) is 29.0. The van der Waals surface area contributed by atoms with E-state index in [4.69, 9.17) is 0 Å². The monoisotopic (exact) mass is 350 g/mol. The van der Waals surface area contributed by atoms with E-state index in [1.807, 2.05) is 12.4 Å². The highest BCUT2D eigenvalue weighted by molar-refractivity contribution is 5.78. The number of aromatic nitrogens is 3. The van der Waals surface area contributed by atoms with Gasteiger partial charge in [0, 0.05) is 66.0 Å². The van der Waals surface area contributed by atoms with E-state index >= 15 is 0 Å². The van der Waals surface area contributed by atoms with Crippen LogP contribution in [-0.2, 0) is 0 Å². The van der Waals surface area contributed by atoms with Gasteiger partial charge in [0.05, 0.1) is 0 Å². The Labute approximate surface area is 154 Å². The van der Waals surface area contributed by atoms with E-state index in [-0.39, 0.29) is 0 Å². The van der Waals surface area contributed by atoms with Crippen LogP contribution in [0.15, 0.2) is 29.9 Å². The van der Waals surface area contributed by atoms with Gasteiger partial charge in [-0.1, -0.05) is 6.42 Å². The fourth-order valence-corrected chi connectivity index (χ4v) is 5.05. The first-order valence-electron chi connectivity index (χ1n) is 9.83. The van der Waals surface area contributed by atoms with Crippen molar-refractivity contribution in [3.05, 3.63) is 30.5 Å². The molecule has 1 spiro atoms. The van der Waals surface area contributed by atoms with Crippen molar-refractivity contribution in [1.29, 1.82) is 0 Å². The lowest BCUT2D eigenvalue weighted by molar-refractivity contribution is 0.0687. The topological polar surface area (TPSA) is 69.2 Å². The maximum absolute atomic E-state index is 4.62. The number of nitrogens with one attached hydrogen (secondary N) is 2. The zero-order chi connectivity index (χ0) is 17.4. The molecule has 136 valence electrons. The Balaban J connectivity index is 1.48. The van der Waals surface area contributed by atoms with Gasteiger partial charge in [-0.05, 0) is 38.8 Å². The summed E-state index contributed by atoms with van der Waals surface area (Å²) in [7, 11) is 0. The van der Waals surface area contributed by atoms with Gasteiger partial charge in [-0.3, -0.25) is 4.90 Å². The van der Waals surface area contributed by atoms with Crippen molar-refractivity contribution < 1.29 is 0 Å². The molecule has 0 saturated carbocycles. The average molecular weight is 350 g/mol. The number of H-pyrrole nitrogens is 1. The highest BCUT2D eigenvalue weighted by Crippen LogP contribution is 2.43. The number of hydrogen-bond acceptors (Lipinski definition) is 5. The molecule has 0 aliphatic carbocycles. The molecule has 0 radical (unpaired) electrons. The molecule has 3 aliphatic heterocycles. The van der Waals surface area contributed by atoms with Crippen LogP contribution >= 0.6 is 0 Å². The van der Waals surface area contributed by atoms with Crippen LogP contribution in [0.1, 0.15) is 50.1 Å². The first kappa shape index (κ1) is 16.1. The first-order valence-corrected chi connectivity index (χ1v) is 9.83. The van der Waals surface area contributed by atoms with Gasteiger partial charge in [0.25, 0.3) is 0 Å². The fourth-order valence-electron chi connectivity index (χ4n) is 5.05. The minimum Gasteiger partial charge on any atom is -0.346 e. The van der Waals surface area contributed by atoms with Crippen molar-refractivity contribution in [2.75, 3.05) is 19.6 Å². The molecule has 0 bridgehead atoms. The maximum Gasteiger partial charge on any atom is 0.134 e. The van der Waals surface area contributed by atoms with E-state index in [0.29, 0.717) is 11.6 Å². The minimum atomic E-state index is 0.317. The zero-order valence-electron chi connectivity index (χ0n) is 15.1. The van der Waals surface area contributed by atoms with Crippen LogP contribution in [0.25, 0.3) is 11.1 Å². The van der Waals surface area contributed by atoms with Gasteiger partial charge >= 0.3 is 0 Å². The van der Waals surface area contributed by atoms with Gasteiger partial charge in [-0.2, -0.15) is 0 Å². The van der Waals surface area contributed by atoms with Crippen LogP contribution in [0.3, 0.4) is 0 Å². The van der Waals surface area contributed by atoms with E-state index < -0.39 is 0 Å². The number of rotatable bonds is 2. The molecule has 2 fully saturated rings. The summed E-state index contributed by atoms with van der Waals surface area (Å²) >= 11 is 0. The number of likely N-dealkylation sites (tertiary alicyclic amines) is 1. The van der Waals surface area contributed by atoms with Crippen molar-refractivity contribution >= 4 is 12.0 Å². The van der Waals surface area contributed by atoms with E-state index in [1.165, 1.54) is 49.8 Å². The molecule has 2 aromatic heterocycles. The van der Waals surface area contributed by atoms with Crippen molar-refractivity contribution in [3.63, 3.8) is 0 Å². The molecule has 2 unspecified atom stereocenters. The van der Waals surface area contributed by atoms with E-state index in [1.54, 1.807) is 6.33 Å². The van der Waals surface area contributed by atoms with E-state index in [2.05, 4.69) is 42.6 Å². The van der Waals surface area contributed by atoms with Gasteiger partial charge < -0.3 is 10.3 Å². The molecule has 0 aromatic carbocycles. The standard InChI is InChI=1S/C20H26N6/c1-2-7-25-20(5-1)6-3-9-26(13-20)17-4-8-23-19-18(17)16(12-24-19)15-10-21-14-22-11-15/h8,10-12,14,17,24-25H,1-7,9,13H2. The lowest BCUT2D eigenvalue weighted by Crippen LogP contribution is -2.59. The summed E-state index contributed by atoms with van der Waals surface area (Å²) in [6.45, 7) is 3.47. The average Bonchev–Trinajstić information content (AvgIpc) is 3.14. The van der Waals surface area contributed by atoms with Crippen LogP contribution in [0.5, 0.6) is 0 Å². The first-order chi connectivity index (χ1) is 12.8. The molecular weight excluding hydrogens is 324 g/mol. The Morgan fingerprint density at radius 1 is 1.12 bits per heavy atom. The SMILES string of the molecule is C1=Nc2[nH]cc(-c3cncnc3)c2C(N2CCCC3(CCCCN3)C2)C1. The lowest BCUT2D eigenvalue weighted by Gasteiger charge is -2.48. The number of nitrogens with zero attached hydrogens (tertiary/aromatic N) is 4. The number of aromatic amines is 1. The largest absolute Gasteiger partial charge is 0.346 e. The summed E-state index contributed by atoms with van der Waals surface area (Å²) in [4.78, 5) is 19.1. The van der Waals surface area contributed by atoms with Crippen LogP contribution in [0.4, 0.5) is 5.82 Å². The quantitative estimate of drug-likeness (QED) is 0.872. The molecular formula is C20H26N6. The number of hydrogen-bond donors (Lipinski definition) is 2. The Morgan fingerprint density at radius 3 is 2.85 bits per heavy atom. The van der Waals surface area contributed by atoms with Crippen LogP contribution in [0.2, 0.25) is 0 Å². The Bertz CT molecular complexity index is 784. The summed E-state index contributed by atoms with van der Waals surface area (Å²) in [6.07, 6.45) is 17.0. The molecule has 5 rings (SSSR count). The van der Waals surface area contributed by atoms with Gasteiger partial charge in [-0.15, -0.1) is 0 Å². The minimum absolute atomic E-state index is 0.317. The molecule has 2 N–H and O–H groups in total. The predicted molar refractivity (Wildman–Crippen MR) is 103 cm³/mol. The Hall–Kier alpha value is -2.05. The third kappa shape index (κ3) is 2.77. The molecule has 2 atom stereocenters. The second-order valence-electron chi connectivity index (χ2n) is 7.89. The third-order valence-electron chi connectivity index (χ3n) is 6.28.